The largest absolute Gasteiger partial charge is 0.450 e. The third-order valence-electron chi connectivity index (χ3n) is 2.12. The lowest BCUT2D eigenvalue weighted by atomic mass is 10.0. The molecule has 0 spiro atoms. The lowest BCUT2D eigenvalue weighted by molar-refractivity contribution is -0.118. The van der Waals surface area contributed by atoms with Crippen LogP contribution in [0.1, 0.15) is 18.5 Å². The van der Waals surface area contributed by atoms with E-state index in [9.17, 15) is 9.59 Å². The topological polar surface area (TPSA) is 55.4 Å². The number of benzene rings is 1. The number of alkyl carbamates (subject to hydrolysis) is 1. The highest BCUT2D eigenvalue weighted by Crippen LogP contribution is 2.14. The maximum Gasteiger partial charge on any atom is 0.407 e. The zero-order chi connectivity index (χ0) is 12.7. The van der Waals surface area contributed by atoms with Gasteiger partial charge in [-0.25, -0.2) is 4.79 Å². The average molecular weight is 300 g/mol. The van der Waals surface area contributed by atoms with Crippen LogP contribution in [0.25, 0.3) is 0 Å². The minimum Gasteiger partial charge on any atom is -0.450 e. The Morgan fingerprint density at radius 3 is 2.53 bits per heavy atom. The van der Waals surface area contributed by atoms with Crippen molar-refractivity contribution in [2.75, 3.05) is 11.9 Å². The Kier molecular flexibility index (Phi) is 5.69. The number of ketones is 1. The van der Waals surface area contributed by atoms with E-state index in [1.807, 2.05) is 18.2 Å². The summed E-state index contributed by atoms with van der Waals surface area (Å²) >= 11 is 3.10. The summed E-state index contributed by atoms with van der Waals surface area (Å²) in [4.78, 5) is 23.1. The van der Waals surface area contributed by atoms with Crippen LogP contribution in [0.15, 0.2) is 30.3 Å². The van der Waals surface area contributed by atoms with E-state index in [-0.39, 0.29) is 17.7 Å². The maximum absolute atomic E-state index is 11.7. The smallest absolute Gasteiger partial charge is 0.407 e. The molecule has 0 saturated heterocycles. The van der Waals surface area contributed by atoms with Crippen LogP contribution < -0.4 is 5.32 Å². The Bertz CT molecular complexity index is 381. The van der Waals surface area contributed by atoms with Gasteiger partial charge in [0, 0.05) is 0 Å². The summed E-state index contributed by atoms with van der Waals surface area (Å²) in [5.41, 5.74) is 0.741. The number of alkyl halides is 1. The molecule has 1 atom stereocenters. The van der Waals surface area contributed by atoms with Crippen molar-refractivity contribution >= 4 is 27.8 Å². The second kappa shape index (κ2) is 7.06. The van der Waals surface area contributed by atoms with Gasteiger partial charge in [0.2, 0.25) is 0 Å². The molecule has 5 heteroatoms. The molecule has 0 bridgehead atoms. The maximum atomic E-state index is 11.7. The molecule has 1 rings (SSSR count). The van der Waals surface area contributed by atoms with E-state index in [4.69, 9.17) is 4.74 Å². The quantitative estimate of drug-likeness (QED) is 0.850. The fourth-order valence-electron chi connectivity index (χ4n) is 1.36. The molecule has 1 aromatic rings. The minimum atomic E-state index is -0.672. The van der Waals surface area contributed by atoms with Crippen molar-refractivity contribution in [1.29, 1.82) is 0 Å². The van der Waals surface area contributed by atoms with Gasteiger partial charge in [-0.05, 0) is 12.5 Å². The molecule has 4 nitrogen and oxygen atoms in total. The molecule has 0 aliphatic rings. The van der Waals surface area contributed by atoms with Crippen LogP contribution in [0.2, 0.25) is 0 Å². The number of nitrogens with one attached hydrogen (secondary N) is 1. The van der Waals surface area contributed by atoms with E-state index in [0.29, 0.717) is 0 Å². The summed E-state index contributed by atoms with van der Waals surface area (Å²) in [6.07, 6.45) is -0.587. The lowest BCUT2D eigenvalue weighted by Crippen LogP contribution is -2.34. The molecule has 0 fully saturated rings. The van der Waals surface area contributed by atoms with Gasteiger partial charge < -0.3 is 10.1 Å². The molecule has 0 aromatic heterocycles. The molecule has 0 aliphatic carbocycles. The highest BCUT2D eigenvalue weighted by atomic mass is 79.9. The molecule has 1 unspecified atom stereocenters. The third kappa shape index (κ3) is 4.19. The van der Waals surface area contributed by atoms with E-state index in [2.05, 4.69) is 21.2 Å². The van der Waals surface area contributed by atoms with Crippen LogP contribution >= 0.6 is 15.9 Å². The van der Waals surface area contributed by atoms with Crippen molar-refractivity contribution in [2.24, 2.45) is 0 Å². The van der Waals surface area contributed by atoms with Crippen molar-refractivity contribution in [3.63, 3.8) is 0 Å². The average Bonchev–Trinajstić information content (AvgIpc) is 2.36. The first-order chi connectivity index (χ1) is 8.19. The third-order valence-corrected chi connectivity index (χ3v) is 2.68. The fourth-order valence-corrected chi connectivity index (χ4v) is 1.69. The monoisotopic (exact) mass is 299 g/mol. The predicted molar refractivity (Wildman–Crippen MR) is 68.1 cm³/mol. The Morgan fingerprint density at radius 2 is 2.00 bits per heavy atom. The van der Waals surface area contributed by atoms with Crippen molar-refractivity contribution < 1.29 is 14.3 Å². The van der Waals surface area contributed by atoms with Crippen LogP contribution in [0.4, 0.5) is 4.79 Å². The van der Waals surface area contributed by atoms with Gasteiger partial charge >= 0.3 is 6.09 Å². The molecule has 1 aromatic carbocycles. The van der Waals surface area contributed by atoms with Crippen molar-refractivity contribution in [3.05, 3.63) is 35.9 Å². The molecular weight excluding hydrogens is 286 g/mol. The number of rotatable bonds is 5. The number of halogens is 1. The molecule has 0 aliphatic heterocycles. The minimum absolute atomic E-state index is 0.121. The second-order valence-electron chi connectivity index (χ2n) is 3.31. The molecule has 1 amide bonds. The number of carbonyl (C=O) groups is 2. The lowest BCUT2D eigenvalue weighted by Gasteiger charge is -2.16. The first-order valence-corrected chi connectivity index (χ1v) is 6.38. The highest BCUT2D eigenvalue weighted by molar-refractivity contribution is 9.09. The zero-order valence-corrected chi connectivity index (χ0v) is 11.1. The molecule has 0 heterocycles. The number of hydrogen-bond donors (Lipinski definition) is 1. The number of Topliss-reactive ketones (excluding diaryl/α,β-unsaturated/α-hetero) is 1. The van der Waals surface area contributed by atoms with Crippen LogP contribution in [0.5, 0.6) is 0 Å². The summed E-state index contributed by atoms with van der Waals surface area (Å²) in [5, 5.41) is 2.72. The SMILES string of the molecule is CCOC(=O)NC(C(=O)CBr)c1ccccc1. The zero-order valence-electron chi connectivity index (χ0n) is 9.48. The van der Waals surface area contributed by atoms with Gasteiger partial charge in [0.25, 0.3) is 0 Å². The first-order valence-electron chi connectivity index (χ1n) is 5.26. The van der Waals surface area contributed by atoms with Gasteiger partial charge in [-0.3, -0.25) is 4.79 Å². The summed E-state index contributed by atoms with van der Waals surface area (Å²) in [6.45, 7) is 1.99. The van der Waals surface area contributed by atoms with Crippen LogP contribution in [0.3, 0.4) is 0 Å². The Morgan fingerprint density at radius 1 is 1.35 bits per heavy atom. The Hall–Kier alpha value is -1.36. The molecular formula is C12H14BrNO3. The van der Waals surface area contributed by atoms with Gasteiger partial charge in [-0.2, -0.15) is 0 Å². The van der Waals surface area contributed by atoms with E-state index in [1.165, 1.54) is 0 Å². The van der Waals surface area contributed by atoms with Crippen molar-refractivity contribution in [3.8, 4) is 0 Å². The number of amides is 1. The summed E-state index contributed by atoms with van der Waals surface area (Å²) < 4.78 is 4.77. The standard InChI is InChI=1S/C12H14BrNO3/c1-2-17-12(16)14-11(10(15)8-13)9-6-4-3-5-7-9/h3-7,11H,2,8H2,1H3,(H,14,16). The number of hydrogen-bond acceptors (Lipinski definition) is 3. The van der Waals surface area contributed by atoms with Gasteiger partial charge in [-0.1, -0.05) is 46.3 Å². The Labute approximate surface area is 108 Å². The van der Waals surface area contributed by atoms with Crippen molar-refractivity contribution in [1.82, 2.24) is 5.32 Å². The van der Waals surface area contributed by atoms with Gasteiger partial charge in [0.05, 0.1) is 11.9 Å². The van der Waals surface area contributed by atoms with Crippen LogP contribution in [-0.2, 0) is 9.53 Å². The summed E-state index contributed by atoms with van der Waals surface area (Å²) in [7, 11) is 0. The number of ether oxygens (including phenoxy) is 1. The van der Waals surface area contributed by atoms with E-state index >= 15 is 0 Å². The van der Waals surface area contributed by atoms with Crippen LogP contribution in [0, 0.1) is 0 Å². The highest BCUT2D eigenvalue weighted by Gasteiger charge is 2.21. The molecule has 92 valence electrons. The molecule has 17 heavy (non-hydrogen) atoms. The van der Waals surface area contributed by atoms with Crippen molar-refractivity contribution in [2.45, 2.75) is 13.0 Å². The summed E-state index contributed by atoms with van der Waals surface area (Å²) in [5.74, 6) is -0.121. The second-order valence-corrected chi connectivity index (χ2v) is 3.87. The molecule has 1 N–H and O–H groups in total. The van der Waals surface area contributed by atoms with Crippen LogP contribution in [-0.4, -0.2) is 23.8 Å². The number of carbonyl (C=O) groups excluding carboxylic acids is 2. The Balaban J connectivity index is 2.82. The summed E-state index contributed by atoms with van der Waals surface area (Å²) in [6, 6.07) is 8.39. The van der Waals surface area contributed by atoms with E-state index in [1.54, 1.807) is 19.1 Å². The van der Waals surface area contributed by atoms with E-state index < -0.39 is 12.1 Å². The predicted octanol–water partition coefficient (Wildman–Crippen LogP) is 2.44. The first kappa shape index (κ1) is 13.7. The molecule has 0 radical (unpaired) electrons. The van der Waals surface area contributed by atoms with E-state index in [0.717, 1.165) is 5.56 Å². The fraction of sp³-hybridized carbons (Fsp3) is 0.333. The van der Waals surface area contributed by atoms with Gasteiger partial charge in [0.15, 0.2) is 5.78 Å². The van der Waals surface area contributed by atoms with Gasteiger partial charge in [0.1, 0.15) is 6.04 Å². The molecule has 0 saturated carbocycles. The van der Waals surface area contributed by atoms with Gasteiger partial charge in [-0.15, -0.1) is 0 Å². The normalized spacial score (nSPS) is 11.6.